The number of rotatable bonds is 77. The molecule has 0 amide bonds. The van der Waals surface area contributed by atoms with E-state index in [9.17, 15) is 19.0 Å². The molecule has 9 nitrogen and oxygen atoms in total. The monoisotopic (exact) mass is 1420 g/mol. The number of phosphoric acid groups is 1. The van der Waals surface area contributed by atoms with Gasteiger partial charge in [0.2, 0.25) is 0 Å². The van der Waals surface area contributed by atoms with Crippen LogP contribution in [0.2, 0.25) is 0 Å². The molecule has 2 atom stereocenters. The number of hydrogen-bond acceptors (Lipinski definition) is 8. The number of phosphoric ester groups is 1. The topological polar surface area (TPSA) is 134 Å². The minimum Gasteiger partial charge on any atom is -0.462 e. The van der Waals surface area contributed by atoms with Gasteiger partial charge < -0.3 is 20.1 Å². The van der Waals surface area contributed by atoms with E-state index in [1.165, 1.54) is 193 Å². The first-order chi connectivity index (χ1) is 49.8. The zero-order chi connectivity index (χ0) is 72.9. The summed E-state index contributed by atoms with van der Waals surface area (Å²) in [6, 6.07) is 0. The van der Waals surface area contributed by atoms with Gasteiger partial charge in [-0.3, -0.25) is 18.6 Å². The minimum absolute atomic E-state index is 0.0477. The molecule has 0 aliphatic heterocycles. The number of carbonyl (C=O) groups excluding carboxylic acids is 2. The van der Waals surface area contributed by atoms with Gasteiger partial charge in [0.15, 0.2) is 6.10 Å². The Morgan fingerprint density at radius 1 is 0.297 bits per heavy atom. The molecule has 0 saturated heterocycles. The number of carbonyl (C=O) groups is 2. The molecule has 0 saturated carbocycles. The van der Waals surface area contributed by atoms with Crippen LogP contribution in [0.25, 0.3) is 0 Å². The molecular weight excluding hydrogens is 1270 g/mol. The van der Waals surface area contributed by atoms with Gasteiger partial charge in [0, 0.05) is 19.4 Å². The van der Waals surface area contributed by atoms with E-state index in [1.54, 1.807) is 0 Å². The Bertz CT molecular complexity index is 2280. The van der Waals surface area contributed by atoms with Crippen molar-refractivity contribution in [2.24, 2.45) is 5.73 Å². The fraction of sp³-hybridized carbons (Fsp3) is 0.670. The molecular formula is C91H154NO8P. The van der Waals surface area contributed by atoms with Crippen LogP contribution in [-0.4, -0.2) is 49.3 Å². The largest absolute Gasteiger partial charge is 0.472 e. The molecule has 0 rings (SSSR count). The molecule has 3 N–H and O–H groups in total. The molecule has 10 heteroatoms. The third-order valence-electron chi connectivity index (χ3n) is 17.6. The summed E-state index contributed by atoms with van der Waals surface area (Å²) in [7, 11) is -4.41. The number of nitrogens with two attached hydrogens (primary N) is 1. The predicted molar refractivity (Wildman–Crippen MR) is 440 cm³/mol. The fourth-order valence-electron chi connectivity index (χ4n) is 11.5. The summed E-state index contributed by atoms with van der Waals surface area (Å²) in [5.41, 5.74) is 5.42. The van der Waals surface area contributed by atoms with Crippen molar-refractivity contribution in [1.29, 1.82) is 0 Å². The summed E-state index contributed by atoms with van der Waals surface area (Å²) in [5.74, 6) is -0.826. The highest BCUT2D eigenvalue weighted by Crippen LogP contribution is 2.43. The van der Waals surface area contributed by atoms with E-state index < -0.39 is 26.5 Å². The normalized spacial score (nSPS) is 13.7. The Labute approximate surface area is 622 Å². The molecule has 0 fully saturated rings. The summed E-state index contributed by atoms with van der Waals surface area (Å²) in [5, 5.41) is 0. The molecule has 2 unspecified atom stereocenters. The quantitative estimate of drug-likeness (QED) is 0.0264. The summed E-state index contributed by atoms with van der Waals surface area (Å²) in [4.78, 5) is 35.5. The molecule has 0 aromatic rings. The smallest absolute Gasteiger partial charge is 0.462 e. The lowest BCUT2D eigenvalue weighted by atomic mass is 10.0. The van der Waals surface area contributed by atoms with Gasteiger partial charge in [-0.1, -0.05) is 389 Å². The summed E-state index contributed by atoms with van der Waals surface area (Å²) < 4.78 is 33.3. The molecule has 0 aliphatic rings. The number of ether oxygens (including phenoxy) is 2. The fourth-order valence-corrected chi connectivity index (χ4v) is 12.3. The van der Waals surface area contributed by atoms with Crippen molar-refractivity contribution in [2.45, 2.75) is 367 Å². The highest BCUT2D eigenvalue weighted by atomic mass is 31.2. The molecule has 0 spiro atoms. The average Bonchev–Trinajstić information content (AvgIpc) is 1.04. The molecule has 0 heterocycles. The SMILES string of the molecule is CC/C=C\C/C=C\C/C=C\C/C=C\C/C=C\C/C=C\C/C=C\C/C=C\C/C=C\C/C=C\CCCCCCCCCCCCC(=O)OC(COC(=O)CCCCCCCCCCCCCCCCCCCCCCCCCCCC/C=C\C/C=C\C/C=C\C/C=C\CC)COP(=O)(O)OCCN. The lowest BCUT2D eigenvalue weighted by molar-refractivity contribution is -0.161. The molecule has 0 bridgehead atoms. The van der Waals surface area contributed by atoms with Crippen LogP contribution < -0.4 is 5.73 Å². The lowest BCUT2D eigenvalue weighted by Gasteiger charge is -2.19. The van der Waals surface area contributed by atoms with Crippen LogP contribution >= 0.6 is 7.82 Å². The Hall–Kier alpha value is -4.63. The zero-order valence-corrected chi connectivity index (χ0v) is 66.0. The summed E-state index contributed by atoms with van der Waals surface area (Å²) >= 11 is 0. The second-order valence-electron chi connectivity index (χ2n) is 27.2. The Balaban J connectivity index is 3.84. The first kappa shape index (κ1) is 96.4. The molecule has 0 aromatic heterocycles. The van der Waals surface area contributed by atoms with Crippen molar-refractivity contribution in [2.75, 3.05) is 26.4 Å². The second-order valence-corrected chi connectivity index (χ2v) is 28.7. The predicted octanol–water partition coefficient (Wildman–Crippen LogP) is 28.4. The molecule has 0 aromatic carbocycles. The van der Waals surface area contributed by atoms with E-state index in [1.807, 2.05) is 0 Å². The Morgan fingerprint density at radius 2 is 0.515 bits per heavy atom. The van der Waals surface area contributed by atoms with Crippen molar-refractivity contribution in [3.05, 3.63) is 170 Å². The van der Waals surface area contributed by atoms with Gasteiger partial charge in [0.05, 0.1) is 13.2 Å². The second kappa shape index (κ2) is 84.3. The van der Waals surface area contributed by atoms with E-state index in [0.29, 0.717) is 6.42 Å². The highest BCUT2D eigenvalue weighted by molar-refractivity contribution is 7.47. The minimum atomic E-state index is -4.41. The van der Waals surface area contributed by atoms with Crippen LogP contribution in [0, 0.1) is 0 Å². The summed E-state index contributed by atoms with van der Waals surface area (Å²) in [6.07, 6.45) is 125. The lowest BCUT2D eigenvalue weighted by Crippen LogP contribution is -2.29. The molecule has 0 aliphatic carbocycles. The number of unbranched alkanes of at least 4 members (excludes halogenated alkanes) is 36. The number of allylic oxidation sites excluding steroid dienone is 28. The first-order valence-corrected chi connectivity index (χ1v) is 43.1. The van der Waals surface area contributed by atoms with Gasteiger partial charge in [-0.15, -0.1) is 0 Å². The molecule has 101 heavy (non-hydrogen) atoms. The molecule has 0 radical (unpaired) electrons. The maximum atomic E-state index is 12.8. The van der Waals surface area contributed by atoms with Gasteiger partial charge in [-0.05, 0) is 128 Å². The van der Waals surface area contributed by atoms with Crippen molar-refractivity contribution in [1.82, 2.24) is 0 Å². The maximum absolute atomic E-state index is 12.8. The van der Waals surface area contributed by atoms with Crippen LogP contribution in [0.3, 0.4) is 0 Å². The summed E-state index contributed by atoms with van der Waals surface area (Å²) in [6.45, 7) is 3.54. The van der Waals surface area contributed by atoms with Crippen LogP contribution in [0.4, 0.5) is 0 Å². The third kappa shape index (κ3) is 84.2. The van der Waals surface area contributed by atoms with E-state index in [-0.39, 0.29) is 38.6 Å². The van der Waals surface area contributed by atoms with Gasteiger partial charge in [0.25, 0.3) is 0 Å². The van der Waals surface area contributed by atoms with Crippen molar-refractivity contribution in [3.63, 3.8) is 0 Å². The van der Waals surface area contributed by atoms with E-state index in [2.05, 4.69) is 184 Å². The van der Waals surface area contributed by atoms with Gasteiger partial charge in [0.1, 0.15) is 6.61 Å². The average molecular weight is 1420 g/mol. The van der Waals surface area contributed by atoms with Crippen molar-refractivity contribution < 1.29 is 37.6 Å². The van der Waals surface area contributed by atoms with E-state index in [0.717, 1.165) is 135 Å². The van der Waals surface area contributed by atoms with Crippen LogP contribution in [0.15, 0.2) is 170 Å². The standard InChI is InChI=1S/C91H154NO8P/c1-3-5-7-9-11-13-15-17-19-21-23-25-27-29-31-33-35-37-39-41-43-44-46-48-50-52-54-56-58-60-62-64-66-68-70-72-74-76-78-80-82-84-91(94)100-89(88-99-101(95,96)98-86-85-92)87-97-90(93)83-81-79-77-75-73-71-69-67-65-63-61-59-57-55-53-51-49-47-45-42-40-38-36-34-32-30-28-26-24-22-20-18-16-14-12-10-8-6-4-2/h5-8,11-14,17-20,23-26,29,31,35,37,41,43,46,48,52,54,58,60,89H,3-4,9-10,15-16,21-22,27-28,30,32-34,36,38-40,42,44-45,47,49-51,53,55-57,59,61-88,92H2,1-2H3,(H,95,96)/b7-5-,8-6-,13-11-,14-12-,19-17-,20-18-,25-23-,26-24-,31-29-,37-35-,43-41-,48-46-,54-52-,60-58-. The van der Waals surface area contributed by atoms with Crippen molar-refractivity contribution >= 4 is 19.8 Å². The van der Waals surface area contributed by atoms with Gasteiger partial charge in [-0.25, -0.2) is 4.57 Å². The van der Waals surface area contributed by atoms with Gasteiger partial charge >= 0.3 is 19.8 Å². The van der Waals surface area contributed by atoms with Gasteiger partial charge in [-0.2, -0.15) is 0 Å². The van der Waals surface area contributed by atoms with E-state index in [4.69, 9.17) is 24.3 Å². The Kier molecular flexibility index (Phi) is 80.4. The van der Waals surface area contributed by atoms with Crippen LogP contribution in [0.5, 0.6) is 0 Å². The third-order valence-corrected chi connectivity index (χ3v) is 18.6. The van der Waals surface area contributed by atoms with Crippen LogP contribution in [0.1, 0.15) is 361 Å². The van der Waals surface area contributed by atoms with Crippen molar-refractivity contribution in [3.8, 4) is 0 Å². The number of hydrogen-bond donors (Lipinski definition) is 2. The number of esters is 2. The highest BCUT2D eigenvalue weighted by Gasteiger charge is 2.26. The van der Waals surface area contributed by atoms with E-state index >= 15 is 0 Å². The Morgan fingerprint density at radius 3 is 0.762 bits per heavy atom. The zero-order valence-electron chi connectivity index (χ0n) is 65.1. The van der Waals surface area contributed by atoms with Crippen LogP contribution in [-0.2, 0) is 32.7 Å². The molecule has 576 valence electrons. The first-order valence-electron chi connectivity index (χ1n) is 41.6. The maximum Gasteiger partial charge on any atom is 0.472 e.